The fourth-order valence-corrected chi connectivity index (χ4v) is 1.38. The first kappa shape index (κ1) is 10.9. The number of halogens is 1. The highest BCUT2D eigenvalue weighted by Gasteiger charge is 2.09. The molecule has 6 heteroatoms. The lowest BCUT2D eigenvalue weighted by Crippen LogP contribution is -2.26. The van der Waals surface area contributed by atoms with Crippen LogP contribution in [0.4, 0.5) is 0 Å². The second-order valence-electron chi connectivity index (χ2n) is 2.69. The van der Waals surface area contributed by atoms with Crippen molar-refractivity contribution < 1.29 is 9.53 Å². The quantitative estimate of drug-likeness (QED) is 0.799. The molecule has 0 aliphatic rings. The molecule has 0 spiro atoms. The second kappa shape index (κ2) is 4.36. The van der Waals surface area contributed by atoms with Gasteiger partial charge in [-0.2, -0.15) is 5.10 Å². The number of ether oxygens (including phenoxy) is 1. The molecule has 0 N–H and O–H groups in total. The van der Waals surface area contributed by atoms with Crippen molar-refractivity contribution in [3.8, 4) is 5.75 Å². The number of carbonyl (C=O) groups is 1. The van der Waals surface area contributed by atoms with E-state index < -0.39 is 0 Å². The Kier molecular flexibility index (Phi) is 3.40. The van der Waals surface area contributed by atoms with Gasteiger partial charge in [-0.25, -0.2) is 4.68 Å². The van der Waals surface area contributed by atoms with Crippen LogP contribution in [0, 0.1) is 0 Å². The molecule has 76 valence electrons. The smallest absolute Gasteiger partial charge is 0.285 e. The van der Waals surface area contributed by atoms with Crippen LogP contribution in [0.5, 0.6) is 5.75 Å². The summed E-state index contributed by atoms with van der Waals surface area (Å²) in [4.78, 5) is 22.3. The zero-order chi connectivity index (χ0) is 10.7. The van der Waals surface area contributed by atoms with Crippen molar-refractivity contribution in [2.75, 3.05) is 7.11 Å². The van der Waals surface area contributed by atoms with Crippen LogP contribution >= 0.6 is 15.9 Å². The molecular formula is C8H9BrN2O3. The molecule has 0 bridgehead atoms. The lowest BCUT2D eigenvalue weighted by Gasteiger charge is -2.05. The van der Waals surface area contributed by atoms with E-state index in [1.54, 1.807) is 0 Å². The number of ketones is 1. The average Bonchev–Trinajstić information content (AvgIpc) is 2.13. The third-order valence-electron chi connectivity index (χ3n) is 1.55. The Morgan fingerprint density at radius 2 is 2.36 bits per heavy atom. The van der Waals surface area contributed by atoms with Gasteiger partial charge in [-0.3, -0.25) is 9.59 Å². The monoisotopic (exact) mass is 260 g/mol. The van der Waals surface area contributed by atoms with Gasteiger partial charge in [0, 0.05) is 0 Å². The minimum Gasteiger partial charge on any atom is -0.494 e. The van der Waals surface area contributed by atoms with E-state index in [9.17, 15) is 9.59 Å². The van der Waals surface area contributed by atoms with Gasteiger partial charge in [0.25, 0.3) is 5.56 Å². The van der Waals surface area contributed by atoms with Crippen LogP contribution in [0.2, 0.25) is 0 Å². The van der Waals surface area contributed by atoms with E-state index in [1.807, 2.05) is 0 Å². The van der Waals surface area contributed by atoms with Gasteiger partial charge in [-0.1, -0.05) is 0 Å². The summed E-state index contributed by atoms with van der Waals surface area (Å²) >= 11 is 3.07. The Morgan fingerprint density at radius 1 is 1.71 bits per heavy atom. The van der Waals surface area contributed by atoms with Gasteiger partial charge in [0.1, 0.15) is 11.0 Å². The van der Waals surface area contributed by atoms with Crippen molar-refractivity contribution in [1.82, 2.24) is 9.78 Å². The lowest BCUT2D eigenvalue weighted by molar-refractivity contribution is -0.117. The minimum absolute atomic E-state index is 0.0264. The van der Waals surface area contributed by atoms with Gasteiger partial charge < -0.3 is 4.74 Å². The van der Waals surface area contributed by atoms with Crippen molar-refractivity contribution in [2.24, 2.45) is 0 Å². The van der Waals surface area contributed by atoms with Gasteiger partial charge in [0.05, 0.1) is 13.3 Å². The van der Waals surface area contributed by atoms with Crippen LogP contribution in [-0.2, 0) is 11.3 Å². The molecule has 0 unspecified atom stereocenters. The van der Waals surface area contributed by atoms with Crippen LogP contribution in [0.25, 0.3) is 0 Å². The number of methoxy groups -OCH3 is 1. The first-order valence-electron chi connectivity index (χ1n) is 3.85. The number of nitrogens with zero attached hydrogens (tertiary/aromatic N) is 2. The van der Waals surface area contributed by atoms with Gasteiger partial charge >= 0.3 is 0 Å². The predicted molar refractivity (Wildman–Crippen MR) is 53.4 cm³/mol. The molecule has 0 saturated carbocycles. The molecule has 1 heterocycles. The molecule has 1 aromatic heterocycles. The molecule has 0 atom stereocenters. The fourth-order valence-electron chi connectivity index (χ4n) is 0.916. The zero-order valence-electron chi connectivity index (χ0n) is 7.78. The van der Waals surface area contributed by atoms with Crippen LogP contribution in [0.1, 0.15) is 6.92 Å². The fraction of sp³-hybridized carbons (Fsp3) is 0.375. The van der Waals surface area contributed by atoms with E-state index in [4.69, 9.17) is 4.74 Å². The summed E-state index contributed by atoms with van der Waals surface area (Å²) in [5.41, 5.74) is -0.375. The number of aromatic nitrogens is 2. The highest BCUT2D eigenvalue weighted by atomic mass is 79.9. The maximum absolute atomic E-state index is 11.5. The van der Waals surface area contributed by atoms with Gasteiger partial charge in [0.15, 0.2) is 11.5 Å². The van der Waals surface area contributed by atoms with Crippen molar-refractivity contribution in [3.05, 3.63) is 21.0 Å². The molecule has 14 heavy (non-hydrogen) atoms. The maximum atomic E-state index is 11.5. The van der Waals surface area contributed by atoms with Crippen molar-refractivity contribution in [3.63, 3.8) is 0 Å². The summed E-state index contributed by atoms with van der Waals surface area (Å²) in [7, 11) is 1.44. The molecule has 5 nitrogen and oxygen atoms in total. The molecule has 0 amide bonds. The van der Waals surface area contributed by atoms with E-state index in [1.165, 1.54) is 20.2 Å². The molecular weight excluding hydrogens is 252 g/mol. The summed E-state index contributed by atoms with van der Waals surface area (Å²) in [6.45, 7) is 1.37. The number of hydrogen-bond donors (Lipinski definition) is 0. The topological polar surface area (TPSA) is 61.2 Å². The van der Waals surface area contributed by atoms with Gasteiger partial charge in [-0.05, 0) is 22.9 Å². The predicted octanol–water partition coefficient (Wildman–Crippen LogP) is 0.603. The normalized spacial score (nSPS) is 9.93. The maximum Gasteiger partial charge on any atom is 0.285 e. The van der Waals surface area contributed by atoms with Crippen LogP contribution in [0.3, 0.4) is 0 Å². The number of Topliss-reactive ketones (excluding diaryl/α,β-unsaturated/α-hetero) is 1. The number of hydrogen-bond acceptors (Lipinski definition) is 4. The zero-order valence-corrected chi connectivity index (χ0v) is 9.37. The third-order valence-corrected chi connectivity index (χ3v) is 2.28. The molecule has 1 aromatic rings. The minimum atomic E-state index is -0.375. The summed E-state index contributed by atoms with van der Waals surface area (Å²) < 4.78 is 6.23. The Bertz CT molecular complexity index is 414. The summed E-state index contributed by atoms with van der Waals surface area (Å²) in [5, 5.41) is 3.78. The van der Waals surface area contributed by atoms with Gasteiger partial charge in [-0.15, -0.1) is 0 Å². The number of carbonyl (C=O) groups excluding carboxylic acids is 1. The molecule has 0 radical (unpaired) electrons. The summed E-state index contributed by atoms with van der Waals surface area (Å²) in [6, 6.07) is 0. The van der Waals surface area contributed by atoms with Crippen molar-refractivity contribution >= 4 is 21.7 Å². The van der Waals surface area contributed by atoms with E-state index in [-0.39, 0.29) is 22.4 Å². The lowest BCUT2D eigenvalue weighted by atomic mass is 10.4. The largest absolute Gasteiger partial charge is 0.494 e. The van der Waals surface area contributed by atoms with E-state index in [2.05, 4.69) is 21.0 Å². The van der Waals surface area contributed by atoms with E-state index in [0.717, 1.165) is 4.68 Å². The molecule has 1 rings (SSSR count). The highest BCUT2D eigenvalue weighted by molar-refractivity contribution is 9.10. The van der Waals surface area contributed by atoms with E-state index in [0.29, 0.717) is 5.75 Å². The van der Waals surface area contributed by atoms with Crippen LogP contribution < -0.4 is 10.3 Å². The highest BCUT2D eigenvalue weighted by Crippen LogP contribution is 2.17. The number of rotatable bonds is 3. The first-order valence-corrected chi connectivity index (χ1v) is 4.64. The van der Waals surface area contributed by atoms with E-state index >= 15 is 0 Å². The molecule has 0 aromatic carbocycles. The van der Waals surface area contributed by atoms with Crippen LogP contribution in [0.15, 0.2) is 15.5 Å². The Balaban J connectivity index is 3.17. The molecule has 0 aliphatic carbocycles. The first-order chi connectivity index (χ1) is 6.56. The summed E-state index contributed by atoms with van der Waals surface area (Å²) in [6.07, 6.45) is 1.38. The SMILES string of the molecule is COc1cnn(CC(C)=O)c(=O)c1Br. The second-order valence-corrected chi connectivity index (χ2v) is 3.48. The average molecular weight is 261 g/mol. The van der Waals surface area contributed by atoms with Crippen molar-refractivity contribution in [1.29, 1.82) is 0 Å². The van der Waals surface area contributed by atoms with Gasteiger partial charge in [0.2, 0.25) is 0 Å². The van der Waals surface area contributed by atoms with Crippen molar-refractivity contribution in [2.45, 2.75) is 13.5 Å². The summed E-state index contributed by atoms with van der Waals surface area (Å²) in [5.74, 6) is 0.228. The standard InChI is InChI=1S/C8H9BrN2O3/c1-5(12)4-11-8(13)7(9)6(14-2)3-10-11/h3H,4H2,1-2H3. The Hall–Kier alpha value is -1.17. The van der Waals surface area contributed by atoms with Crippen LogP contribution in [-0.4, -0.2) is 22.7 Å². The Morgan fingerprint density at radius 3 is 2.86 bits per heavy atom. The molecule has 0 saturated heterocycles. The molecule has 0 aliphatic heterocycles. The Labute approximate surface area is 88.8 Å². The third kappa shape index (κ3) is 2.20. The molecule has 0 fully saturated rings.